The Labute approximate surface area is 56.5 Å². The molecule has 4 heteroatoms. The molecule has 0 atom stereocenters. The molecule has 0 heterocycles. The first-order chi connectivity index (χ1) is 3.31. The predicted molar refractivity (Wildman–Crippen MR) is 34.9 cm³/mol. The van der Waals surface area contributed by atoms with Crippen molar-refractivity contribution in [2.24, 2.45) is 0 Å². The summed E-state index contributed by atoms with van der Waals surface area (Å²) in [4.78, 5) is 0. The minimum atomic E-state index is 0.366. The highest BCUT2D eigenvalue weighted by molar-refractivity contribution is 7.94. The largest absolute Gasteiger partial charge is 0.330 e. The number of hydrogen-bond acceptors (Lipinski definition) is 2. The molecule has 0 bridgehead atoms. The highest BCUT2D eigenvalue weighted by Gasteiger charge is 1.86. The fourth-order valence-electron chi connectivity index (χ4n) is 0.0932. The molecule has 0 aliphatic carbocycles. The number of hydrogen-bond donors (Lipinski definition) is 1. The van der Waals surface area contributed by atoms with E-state index < -0.39 is 0 Å². The summed E-state index contributed by atoms with van der Waals surface area (Å²) in [5, 5.41) is 0.453. The van der Waals surface area contributed by atoms with Crippen molar-refractivity contribution >= 4 is 35.2 Å². The molecule has 0 aliphatic heterocycles. The quantitative estimate of drug-likeness (QED) is 0.624. The minimum Gasteiger partial charge on any atom is -0.330 e. The van der Waals surface area contributed by atoms with Gasteiger partial charge < -0.3 is 4.55 Å². The van der Waals surface area contributed by atoms with E-state index in [1.807, 2.05) is 0 Å². The minimum absolute atomic E-state index is 0.366. The van der Waals surface area contributed by atoms with Gasteiger partial charge in [-0.15, -0.1) is 0 Å². The summed E-state index contributed by atoms with van der Waals surface area (Å²) in [6.07, 6.45) is 0. The monoisotopic (exact) mass is 158 g/mol. The van der Waals surface area contributed by atoms with Crippen LogP contribution in [0.15, 0.2) is 10.6 Å². The third-order valence-electron chi connectivity index (χ3n) is 0.321. The van der Waals surface area contributed by atoms with E-state index in [0.29, 0.717) is 22.8 Å². The van der Waals surface area contributed by atoms with Gasteiger partial charge in [-0.25, -0.2) is 0 Å². The first-order valence-electron chi connectivity index (χ1n) is 1.52. The molecule has 0 radical (unpaired) electrons. The van der Waals surface area contributed by atoms with Crippen LogP contribution in [0.4, 0.5) is 0 Å². The molecule has 7 heavy (non-hydrogen) atoms. The average Bonchev–Trinajstić information content (AvgIpc) is 1.68. The van der Waals surface area contributed by atoms with Gasteiger partial charge in [0.15, 0.2) is 0 Å². The third kappa shape index (κ3) is 4.48. The van der Waals surface area contributed by atoms with Crippen molar-refractivity contribution in [1.29, 1.82) is 0 Å². The SMILES string of the molecule is OSC/C(Cl)=C\Cl. The van der Waals surface area contributed by atoms with E-state index >= 15 is 0 Å². The smallest absolute Gasteiger partial charge is 0.0563 e. The predicted octanol–water partition coefficient (Wildman–Crippen LogP) is 2.51. The zero-order valence-electron chi connectivity index (χ0n) is 3.40. The maximum absolute atomic E-state index is 8.10. The van der Waals surface area contributed by atoms with Crippen LogP contribution < -0.4 is 0 Å². The van der Waals surface area contributed by atoms with Gasteiger partial charge in [-0.2, -0.15) is 0 Å². The van der Waals surface area contributed by atoms with E-state index in [1.54, 1.807) is 0 Å². The fraction of sp³-hybridized carbons (Fsp3) is 0.333. The standard InChI is InChI=1S/C3H4Cl2OS/c4-1-3(5)2-7-6/h1,6H,2H2/b3-1+. The molecule has 0 fully saturated rings. The second-order valence-corrected chi connectivity index (χ2v) is 2.08. The van der Waals surface area contributed by atoms with Gasteiger partial charge in [-0.1, -0.05) is 23.2 Å². The highest BCUT2D eigenvalue weighted by Crippen LogP contribution is 2.08. The van der Waals surface area contributed by atoms with Crippen LogP contribution in [-0.4, -0.2) is 10.3 Å². The van der Waals surface area contributed by atoms with Crippen LogP contribution in [0.25, 0.3) is 0 Å². The Hall–Kier alpha value is 0.630. The maximum atomic E-state index is 8.10. The van der Waals surface area contributed by atoms with E-state index in [-0.39, 0.29) is 0 Å². The van der Waals surface area contributed by atoms with Crippen molar-refractivity contribution in [3.8, 4) is 0 Å². The van der Waals surface area contributed by atoms with Crippen LogP contribution in [0.5, 0.6) is 0 Å². The first kappa shape index (κ1) is 7.63. The lowest BCUT2D eigenvalue weighted by Crippen LogP contribution is -1.71. The molecule has 0 aliphatic rings. The molecule has 0 amide bonds. The zero-order valence-corrected chi connectivity index (χ0v) is 5.72. The van der Waals surface area contributed by atoms with Crippen LogP contribution in [0.1, 0.15) is 0 Å². The Morgan fingerprint density at radius 1 is 1.86 bits per heavy atom. The lowest BCUT2D eigenvalue weighted by Gasteiger charge is -1.85. The molecule has 1 N–H and O–H groups in total. The lowest BCUT2D eigenvalue weighted by atomic mass is 10.7. The summed E-state index contributed by atoms with van der Waals surface area (Å²) < 4.78 is 8.10. The summed E-state index contributed by atoms with van der Waals surface area (Å²) in [6, 6.07) is 0. The van der Waals surface area contributed by atoms with Gasteiger partial charge in [0.2, 0.25) is 0 Å². The van der Waals surface area contributed by atoms with Crippen LogP contribution in [0.2, 0.25) is 0 Å². The van der Waals surface area contributed by atoms with Crippen LogP contribution in [-0.2, 0) is 0 Å². The van der Waals surface area contributed by atoms with E-state index in [1.165, 1.54) is 5.54 Å². The molecular weight excluding hydrogens is 155 g/mol. The van der Waals surface area contributed by atoms with Crippen LogP contribution in [0.3, 0.4) is 0 Å². The van der Waals surface area contributed by atoms with Crippen molar-refractivity contribution < 1.29 is 4.55 Å². The number of rotatable bonds is 2. The second-order valence-electron chi connectivity index (χ2n) is 0.829. The Morgan fingerprint density at radius 2 is 2.43 bits per heavy atom. The summed E-state index contributed by atoms with van der Waals surface area (Å²) in [6.45, 7) is 0. The lowest BCUT2D eigenvalue weighted by molar-refractivity contribution is 0.666. The van der Waals surface area contributed by atoms with E-state index in [4.69, 9.17) is 27.8 Å². The molecular formula is C3H4Cl2OS. The fourth-order valence-corrected chi connectivity index (χ4v) is 0.615. The third-order valence-corrected chi connectivity index (χ3v) is 1.54. The molecule has 0 saturated carbocycles. The van der Waals surface area contributed by atoms with Crippen molar-refractivity contribution in [1.82, 2.24) is 0 Å². The topological polar surface area (TPSA) is 20.2 Å². The van der Waals surface area contributed by atoms with Crippen molar-refractivity contribution in [3.63, 3.8) is 0 Å². The molecule has 0 aromatic rings. The van der Waals surface area contributed by atoms with Gasteiger partial charge in [0.05, 0.1) is 5.75 Å². The summed E-state index contributed by atoms with van der Waals surface area (Å²) in [7, 11) is 0. The normalized spacial score (nSPS) is 12.1. The van der Waals surface area contributed by atoms with Gasteiger partial charge in [0.1, 0.15) is 0 Å². The van der Waals surface area contributed by atoms with E-state index in [9.17, 15) is 0 Å². The van der Waals surface area contributed by atoms with Gasteiger partial charge in [0, 0.05) is 10.6 Å². The summed E-state index contributed by atoms with van der Waals surface area (Å²) >= 11 is 11.1. The van der Waals surface area contributed by atoms with E-state index in [2.05, 4.69) is 0 Å². The van der Waals surface area contributed by atoms with Gasteiger partial charge in [0.25, 0.3) is 0 Å². The molecule has 0 unspecified atom stereocenters. The molecule has 0 spiro atoms. The summed E-state index contributed by atoms with van der Waals surface area (Å²) in [5.74, 6) is 0.366. The zero-order chi connectivity index (χ0) is 5.70. The van der Waals surface area contributed by atoms with Gasteiger partial charge >= 0.3 is 0 Å². The van der Waals surface area contributed by atoms with Crippen molar-refractivity contribution in [2.75, 3.05) is 5.75 Å². The van der Waals surface area contributed by atoms with Crippen molar-refractivity contribution in [3.05, 3.63) is 10.6 Å². The Bertz CT molecular complexity index is 73.3. The molecule has 0 saturated heterocycles. The van der Waals surface area contributed by atoms with Crippen LogP contribution >= 0.6 is 35.2 Å². The van der Waals surface area contributed by atoms with E-state index in [0.717, 1.165) is 0 Å². The number of halogens is 2. The average molecular weight is 159 g/mol. The second kappa shape index (κ2) is 4.78. The maximum Gasteiger partial charge on any atom is 0.0563 e. The van der Waals surface area contributed by atoms with Gasteiger partial charge in [-0.3, -0.25) is 0 Å². The van der Waals surface area contributed by atoms with Gasteiger partial charge in [-0.05, 0) is 12.0 Å². The molecule has 0 aromatic carbocycles. The Balaban J connectivity index is 3.17. The molecule has 0 aromatic heterocycles. The first-order valence-corrected chi connectivity index (χ1v) is 3.28. The molecule has 0 rings (SSSR count). The van der Waals surface area contributed by atoms with Crippen LogP contribution in [0, 0.1) is 0 Å². The molecule has 42 valence electrons. The summed E-state index contributed by atoms with van der Waals surface area (Å²) in [5.41, 5.74) is 1.23. The molecule has 1 nitrogen and oxygen atoms in total. The Morgan fingerprint density at radius 3 is 2.57 bits per heavy atom. The Kier molecular flexibility index (Phi) is 5.21. The highest BCUT2D eigenvalue weighted by atomic mass is 35.5. The van der Waals surface area contributed by atoms with Crippen molar-refractivity contribution in [2.45, 2.75) is 0 Å².